The van der Waals surface area contributed by atoms with Gasteiger partial charge in [0.1, 0.15) is 6.04 Å². The minimum absolute atomic E-state index is 0.240. The first-order valence-electron chi connectivity index (χ1n) is 8.57. The first kappa shape index (κ1) is 17.3. The zero-order chi connectivity index (χ0) is 17.5. The standard InChI is InChI=1S/C17H24N6O2/c1-25-16(24)15-13-21(8-2-3-9-22-10-7-18-14-22)11-12-23(15)17-19-5-4-6-20-17/h4-7,10,14-15H,2-3,8-9,11-13H2,1H3. The van der Waals surface area contributed by atoms with Crippen molar-refractivity contribution in [1.29, 1.82) is 0 Å². The summed E-state index contributed by atoms with van der Waals surface area (Å²) in [6, 6.07) is 1.41. The van der Waals surface area contributed by atoms with Gasteiger partial charge in [0.05, 0.1) is 13.4 Å². The quantitative estimate of drug-likeness (QED) is 0.543. The molecule has 3 rings (SSSR count). The van der Waals surface area contributed by atoms with Crippen molar-refractivity contribution >= 4 is 11.9 Å². The summed E-state index contributed by atoms with van der Waals surface area (Å²) >= 11 is 0. The number of hydrogen-bond acceptors (Lipinski definition) is 7. The zero-order valence-corrected chi connectivity index (χ0v) is 14.5. The molecule has 1 fully saturated rings. The molecular weight excluding hydrogens is 320 g/mol. The lowest BCUT2D eigenvalue weighted by Crippen LogP contribution is -2.57. The highest BCUT2D eigenvalue weighted by Gasteiger charge is 2.34. The molecule has 0 N–H and O–H groups in total. The van der Waals surface area contributed by atoms with Crippen LogP contribution < -0.4 is 4.90 Å². The number of unbranched alkanes of at least 4 members (excludes halogenated alkanes) is 1. The Hall–Kier alpha value is -2.48. The molecule has 8 nitrogen and oxygen atoms in total. The number of imidazole rings is 1. The summed E-state index contributed by atoms with van der Waals surface area (Å²) in [5.41, 5.74) is 0. The molecule has 8 heteroatoms. The first-order valence-corrected chi connectivity index (χ1v) is 8.57. The Morgan fingerprint density at radius 2 is 2.00 bits per heavy atom. The van der Waals surface area contributed by atoms with Crippen LogP contribution in [0, 0.1) is 0 Å². The summed E-state index contributed by atoms with van der Waals surface area (Å²) in [7, 11) is 1.43. The monoisotopic (exact) mass is 344 g/mol. The highest BCUT2D eigenvalue weighted by atomic mass is 16.5. The topological polar surface area (TPSA) is 76.4 Å². The summed E-state index contributed by atoms with van der Waals surface area (Å²) in [4.78, 5) is 29.1. The number of rotatable bonds is 7. The summed E-state index contributed by atoms with van der Waals surface area (Å²) < 4.78 is 7.08. The largest absolute Gasteiger partial charge is 0.467 e. The highest BCUT2D eigenvalue weighted by molar-refractivity contribution is 5.79. The Kier molecular flexibility index (Phi) is 5.95. The minimum atomic E-state index is -0.366. The smallest absolute Gasteiger partial charge is 0.329 e. The van der Waals surface area contributed by atoms with Crippen LogP contribution in [0.25, 0.3) is 0 Å². The van der Waals surface area contributed by atoms with Crippen molar-refractivity contribution in [3.05, 3.63) is 37.2 Å². The molecule has 3 heterocycles. The minimum Gasteiger partial charge on any atom is -0.467 e. The van der Waals surface area contributed by atoms with Gasteiger partial charge in [-0.2, -0.15) is 0 Å². The first-order chi connectivity index (χ1) is 12.3. The van der Waals surface area contributed by atoms with Crippen LogP contribution in [0.4, 0.5) is 5.95 Å². The number of esters is 1. The number of nitrogens with zero attached hydrogens (tertiary/aromatic N) is 6. The fourth-order valence-electron chi connectivity index (χ4n) is 3.11. The molecule has 0 saturated carbocycles. The van der Waals surface area contributed by atoms with E-state index in [0.29, 0.717) is 19.0 Å². The van der Waals surface area contributed by atoms with E-state index in [2.05, 4.69) is 24.4 Å². The lowest BCUT2D eigenvalue weighted by atomic mass is 10.1. The van der Waals surface area contributed by atoms with Gasteiger partial charge in [0.2, 0.25) is 5.95 Å². The third-order valence-corrected chi connectivity index (χ3v) is 4.45. The molecular formula is C17H24N6O2. The van der Waals surface area contributed by atoms with Crippen molar-refractivity contribution in [2.45, 2.75) is 25.4 Å². The van der Waals surface area contributed by atoms with Crippen molar-refractivity contribution < 1.29 is 9.53 Å². The summed E-state index contributed by atoms with van der Waals surface area (Å²) in [6.07, 6.45) is 11.2. The average Bonchev–Trinajstić information content (AvgIpc) is 3.18. The Morgan fingerprint density at radius 3 is 2.72 bits per heavy atom. The van der Waals surface area contributed by atoms with Crippen molar-refractivity contribution in [2.24, 2.45) is 0 Å². The van der Waals surface area contributed by atoms with E-state index in [0.717, 1.165) is 32.5 Å². The van der Waals surface area contributed by atoms with Crippen LogP contribution in [0.3, 0.4) is 0 Å². The van der Waals surface area contributed by atoms with Gasteiger partial charge in [0.15, 0.2) is 0 Å². The van der Waals surface area contributed by atoms with Crippen molar-refractivity contribution in [3.63, 3.8) is 0 Å². The van der Waals surface area contributed by atoms with Crippen LogP contribution in [0.15, 0.2) is 37.2 Å². The van der Waals surface area contributed by atoms with E-state index in [1.54, 1.807) is 24.7 Å². The molecule has 134 valence electrons. The predicted molar refractivity (Wildman–Crippen MR) is 93.1 cm³/mol. The molecule has 1 saturated heterocycles. The van der Waals surface area contributed by atoms with Crippen molar-refractivity contribution in [2.75, 3.05) is 38.2 Å². The van der Waals surface area contributed by atoms with E-state index in [1.165, 1.54) is 7.11 Å². The molecule has 0 bridgehead atoms. The molecule has 1 atom stereocenters. The van der Waals surface area contributed by atoms with Gasteiger partial charge < -0.3 is 14.2 Å². The van der Waals surface area contributed by atoms with Gasteiger partial charge in [-0.25, -0.2) is 19.7 Å². The Labute approximate surface area is 147 Å². The van der Waals surface area contributed by atoms with Gasteiger partial charge in [-0.15, -0.1) is 0 Å². The third kappa shape index (κ3) is 4.54. The maximum Gasteiger partial charge on any atom is 0.329 e. The Balaban J connectivity index is 1.53. The van der Waals surface area contributed by atoms with Crippen molar-refractivity contribution in [1.82, 2.24) is 24.4 Å². The highest BCUT2D eigenvalue weighted by Crippen LogP contribution is 2.17. The molecule has 2 aromatic rings. The second-order valence-electron chi connectivity index (χ2n) is 6.09. The molecule has 0 spiro atoms. The van der Waals surface area contributed by atoms with E-state index >= 15 is 0 Å². The second-order valence-corrected chi connectivity index (χ2v) is 6.09. The molecule has 0 aliphatic carbocycles. The molecule has 0 aromatic carbocycles. The molecule has 25 heavy (non-hydrogen) atoms. The van der Waals surface area contributed by atoms with Gasteiger partial charge in [-0.05, 0) is 25.5 Å². The lowest BCUT2D eigenvalue weighted by Gasteiger charge is -2.39. The molecule has 0 amide bonds. The van der Waals surface area contributed by atoms with Crippen LogP contribution in [0.5, 0.6) is 0 Å². The fourth-order valence-corrected chi connectivity index (χ4v) is 3.11. The normalized spacial score (nSPS) is 18.3. The van der Waals surface area contributed by atoms with E-state index in [1.807, 2.05) is 17.4 Å². The maximum atomic E-state index is 12.2. The maximum absolute atomic E-state index is 12.2. The van der Waals surface area contributed by atoms with E-state index in [-0.39, 0.29) is 12.0 Å². The van der Waals surface area contributed by atoms with Gasteiger partial charge in [-0.3, -0.25) is 4.90 Å². The van der Waals surface area contributed by atoms with E-state index in [9.17, 15) is 4.79 Å². The number of anilines is 1. The second kappa shape index (κ2) is 8.57. The fraction of sp³-hybridized carbons (Fsp3) is 0.529. The third-order valence-electron chi connectivity index (χ3n) is 4.45. The van der Waals surface area contributed by atoms with Gasteiger partial charge >= 0.3 is 5.97 Å². The molecule has 1 aliphatic heterocycles. The average molecular weight is 344 g/mol. The Morgan fingerprint density at radius 1 is 1.20 bits per heavy atom. The van der Waals surface area contributed by atoms with Crippen molar-refractivity contribution in [3.8, 4) is 0 Å². The van der Waals surface area contributed by atoms with Crippen LogP contribution in [0.1, 0.15) is 12.8 Å². The Bertz CT molecular complexity index is 648. The molecule has 1 unspecified atom stereocenters. The number of carbonyl (C=O) groups is 1. The predicted octanol–water partition coefficient (Wildman–Crippen LogP) is 0.817. The summed E-state index contributed by atoms with van der Waals surface area (Å²) in [5, 5.41) is 0. The van der Waals surface area contributed by atoms with Gasteiger partial charge in [-0.1, -0.05) is 0 Å². The molecule has 1 aliphatic rings. The van der Waals surface area contributed by atoms with Crippen LogP contribution in [0.2, 0.25) is 0 Å². The molecule has 2 aromatic heterocycles. The van der Waals surface area contributed by atoms with Crippen LogP contribution >= 0.6 is 0 Å². The van der Waals surface area contributed by atoms with Gasteiger partial charge in [0.25, 0.3) is 0 Å². The number of piperazine rings is 1. The number of methoxy groups -OCH3 is 1. The van der Waals surface area contributed by atoms with E-state index < -0.39 is 0 Å². The van der Waals surface area contributed by atoms with Gasteiger partial charge in [0, 0.05) is 51.0 Å². The lowest BCUT2D eigenvalue weighted by molar-refractivity contribution is -0.143. The number of aryl methyl sites for hydroxylation is 1. The van der Waals surface area contributed by atoms with Crippen LogP contribution in [-0.4, -0.2) is 69.7 Å². The SMILES string of the molecule is COC(=O)C1CN(CCCCn2ccnc2)CCN1c1ncccn1. The number of hydrogen-bond donors (Lipinski definition) is 0. The van der Waals surface area contributed by atoms with Crippen LogP contribution in [-0.2, 0) is 16.1 Å². The summed E-state index contributed by atoms with van der Waals surface area (Å²) in [6.45, 7) is 4.17. The van der Waals surface area contributed by atoms with E-state index in [4.69, 9.17) is 4.74 Å². The molecule has 0 radical (unpaired) electrons. The number of carbonyl (C=O) groups excluding carboxylic acids is 1. The summed E-state index contributed by atoms with van der Waals surface area (Å²) in [5.74, 6) is 0.341. The zero-order valence-electron chi connectivity index (χ0n) is 14.5. The number of ether oxygens (including phenoxy) is 1. The number of aromatic nitrogens is 4.